The van der Waals surface area contributed by atoms with E-state index in [4.69, 9.17) is 5.11 Å². The van der Waals surface area contributed by atoms with E-state index in [0.717, 1.165) is 19.4 Å². The van der Waals surface area contributed by atoms with Crippen molar-refractivity contribution in [3.05, 3.63) is 30.1 Å². The van der Waals surface area contributed by atoms with Crippen LogP contribution in [0.25, 0.3) is 0 Å². The molecular weight excluding hydrogens is 217 g/mol. The minimum absolute atomic E-state index is 0.0923. The Hall–Kier alpha value is -1.09. The van der Waals surface area contributed by atoms with Crippen LogP contribution in [0.1, 0.15) is 26.7 Å². The van der Waals surface area contributed by atoms with Crippen LogP contribution in [0, 0.1) is 11.7 Å². The second-order valence-corrected chi connectivity index (χ2v) is 5.25. The van der Waals surface area contributed by atoms with Gasteiger partial charge in [0.25, 0.3) is 0 Å². The summed E-state index contributed by atoms with van der Waals surface area (Å²) in [5.41, 5.74) is 0.586. The molecule has 17 heavy (non-hydrogen) atoms. The van der Waals surface area contributed by atoms with Gasteiger partial charge < -0.3 is 10.0 Å². The van der Waals surface area contributed by atoms with E-state index in [0.29, 0.717) is 11.6 Å². The van der Waals surface area contributed by atoms with Gasteiger partial charge in [-0.15, -0.1) is 0 Å². The molecule has 1 N–H and O–H groups in total. The van der Waals surface area contributed by atoms with Crippen molar-refractivity contribution < 1.29 is 9.50 Å². The molecule has 1 fully saturated rings. The van der Waals surface area contributed by atoms with Gasteiger partial charge in [0.1, 0.15) is 5.82 Å². The highest BCUT2D eigenvalue weighted by Crippen LogP contribution is 2.40. The number of para-hydroxylation sites is 1. The second-order valence-electron chi connectivity index (χ2n) is 5.25. The molecule has 0 radical (unpaired) electrons. The quantitative estimate of drug-likeness (QED) is 0.873. The van der Waals surface area contributed by atoms with Gasteiger partial charge in [-0.1, -0.05) is 12.1 Å². The van der Waals surface area contributed by atoms with Crippen LogP contribution < -0.4 is 4.90 Å². The molecule has 1 heterocycles. The van der Waals surface area contributed by atoms with Crippen LogP contribution in [0.15, 0.2) is 24.3 Å². The van der Waals surface area contributed by atoms with Crippen LogP contribution in [0.3, 0.4) is 0 Å². The van der Waals surface area contributed by atoms with E-state index in [1.807, 2.05) is 12.1 Å². The molecule has 0 spiro atoms. The number of aliphatic hydroxyl groups is 1. The number of nitrogens with zero attached hydrogens (tertiary/aromatic N) is 1. The van der Waals surface area contributed by atoms with E-state index in [9.17, 15) is 4.39 Å². The molecule has 1 saturated heterocycles. The molecule has 0 bridgehead atoms. The summed E-state index contributed by atoms with van der Waals surface area (Å²) in [7, 11) is 0. The van der Waals surface area contributed by atoms with Crippen molar-refractivity contribution in [2.75, 3.05) is 18.1 Å². The first-order valence-corrected chi connectivity index (χ1v) is 6.20. The van der Waals surface area contributed by atoms with E-state index in [1.54, 1.807) is 6.07 Å². The van der Waals surface area contributed by atoms with Crippen LogP contribution in [-0.4, -0.2) is 23.8 Å². The van der Waals surface area contributed by atoms with Gasteiger partial charge in [-0.3, -0.25) is 0 Å². The molecule has 1 aliphatic heterocycles. The maximum atomic E-state index is 13.8. The van der Waals surface area contributed by atoms with Gasteiger partial charge in [0.05, 0.1) is 5.69 Å². The predicted octanol–water partition coefficient (Wildman–Crippen LogP) is 2.81. The highest BCUT2D eigenvalue weighted by atomic mass is 19.1. The zero-order valence-corrected chi connectivity index (χ0v) is 10.5. The van der Waals surface area contributed by atoms with Gasteiger partial charge in [0, 0.05) is 18.7 Å². The van der Waals surface area contributed by atoms with E-state index >= 15 is 0 Å². The lowest BCUT2D eigenvalue weighted by molar-refractivity contribution is 0.229. The molecule has 94 valence electrons. The highest BCUT2D eigenvalue weighted by molar-refractivity contribution is 5.51. The van der Waals surface area contributed by atoms with Crippen LogP contribution >= 0.6 is 0 Å². The molecule has 3 heteroatoms. The molecule has 0 saturated carbocycles. The number of hydrogen-bond donors (Lipinski definition) is 1. The van der Waals surface area contributed by atoms with Gasteiger partial charge in [-0.25, -0.2) is 4.39 Å². The third-order valence-corrected chi connectivity index (χ3v) is 4.02. The number of benzene rings is 1. The smallest absolute Gasteiger partial charge is 0.146 e. The summed E-state index contributed by atoms with van der Waals surface area (Å²) in [6.07, 6.45) is 1.81. The topological polar surface area (TPSA) is 23.5 Å². The summed E-state index contributed by atoms with van der Waals surface area (Å²) in [6, 6.07) is 6.92. The Morgan fingerprint density at radius 3 is 2.76 bits per heavy atom. The molecule has 0 aliphatic carbocycles. The third kappa shape index (κ3) is 2.16. The van der Waals surface area contributed by atoms with Crippen LogP contribution in [0.2, 0.25) is 0 Å². The van der Waals surface area contributed by atoms with Crippen LogP contribution in [-0.2, 0) is 0 Å². The van der Waals surface area contributed by atoms with Crippen molar-refractivity contribution in [3.63, 3.8) is 0 Å². The fraction of sp³-hybridized carbons (Fsp3) is 0.571. The lowest BCUT2D eigenvalue weighted by Gasteiger charge is -2.37. The SMILES string of the molecule is CC1(C)C(CCO)CCN1c1ccccc1F. The summed E-state index contributed by atoms with van der Waals surface area (Å²) >= 11 is 0. The summed E-state index contributed by atoms with van der Waals surface area (Å²) in [5, 5.41) is 9.08. The monoisotopic (exact) mass is 237 g/mol. The maximum absolute atomic E-state index is 13.8. The molecule has 2 rings (SSSR count). The zero-order chi connectivity index (χ0) is 12.5. The maximum Gasteiger partial charge on any atom is 0.146 e. The standard InChI is InChI=1S/C14H20FNO/c1-14(2)11(8-10-17)7-9-16(14)13-6-4-3-5-12(13)15/h3-6,11,17H,7-10H2,1-2H3. The Balaban J connectivity index is 2.27. The predicted molar refractivity (Wildman–Crippen MR) is 67.6 cm³/mol. The summed E-state index contributed by atoms with van der Waals surface area (Å²) in [6.45, 7) is 5.33. The van der Waals surface area contributed by atoms with Gasteiger partial charge >= 0.3 is 0 Å². The first-order chi connectivity index (χ1) is 8.07. The van der Waals surface area contributed by atoms with Crippen LogP contribution in [0.5, 0.6) is 0 Å². The van der Waals surface area contributed by atoms with Crippen molar-refractivity contribution in [2.45, 2.75) is 32.2 Å². The largest absolute Gasteiger partial charge is 0.396 e. The number of hydrogen-bond acceptors (Lipinski definition) is 2. The van der Waals surface area contributed by atoms with Gasteiger partial charge in [-0.05, 0) is 44.7 Å². The minimum atomic E-state index is -0.162. The van der Waals surface area contributed by atoms with Crippen molar-refractivity contribution in [2.24, 2.45) is 5.92 Å². The number of rotatable bonds is 3. The molecule has 0 amide bonds. The normalized spacial score (nSPS) is 23.1. The first-order valence-electron chi connectivity index (χ1n) is 6.20. The fourth-order valence-corrected chi connectivity index (χ4v) is 2.90. The summed E-state index contributed by atoms with van der Waals surface area (Å²) in [4.78, 5) is 2.13. The Morgan fingerprint density at radius 2 is 2.12 bits per heavy atom. The Bertz CT molecular complexity index is 392. The van der Waals surface area contributed by atoms with Gasteiger partial charge in [0.15, 0.2) is 0 Å². The molecule has 0 aromatic heterocycles. The van der Waals surface area contributed by atoms with E-state index in [1.165, 1.54) is 6.07 Å². The lowest BCUT2D eigenvalue weighted by Crippen LogP contribution is -2.43. The lowest BCUT2D eigenvalue weighted by atomic mass is 9.86. The summed E-state index contributed by atoms with van der Waals surface area (Å²) in [5.74, 6) is 0.261. The molecular formula is C14H20FNO. The third-order valence-electron chi connectivity index (χ3n) is 4.02. The molecule has 2 nitrogen and oxygen atoms in total. The zero-order valence-electron chi connectivity index (χ0n) is 10.5. The highest BCUT2D eigenvalue weighted by Gasteiger charge is 2.41. The summed E-state index contributed by atoms with van der Waals surface area (Å²) < 4.78 is 13.8. The molecule has 1 aromatic carbocycles. The molecule has 1 aliphatic rings. The fourth-order valence-electron chi connectivity index (χ4n) is 2.90. The Kier molecular flexibility index (Phi) is 3.38. The van der Waals surface area contributed by atoms with Crippen molar-refractivity contribution in [3.8, 4) is 0 Å². The van der Waals surface area contributed by atoms with E-state index in [2.05, 4.69) is 18.7 Å². The van der Waals surface area contributed by atoms with Gasteiger partial charge in [-0.2, -0.15) is 0 Å². The molecule has 1 unspecified atom stereocenters. The second kappa shape index (κ2) is 4.65. The minimum Gasteiger partial charge on any atom is -0.396 e. The van der Waals surface area contributed by atoms with Crippen molar-refractivity contribution in [1.82, 2.24) is 0 Å². The van der Waals surface area contributed by atoms with Crippen molar-refractivity contribution in [1.29, 1.82) is 0 Å². The number of halogens is 1. The van der Waals surface area contributed by atoms with E-state index in [-0.39, 0.29) is 18.0 Å². The molecule has 1 aromatic rings. The van der Waals surface area contributed by atoms with E-state index < -0.39 is 0 Å². The average Bonchev–Trinajstić information content (AvgIpc) is 2.57. The van der Waals surface area contributed by atoms with Crippen LogP contribution in [0.4, 0.5) is 10.1 Å². The number of anilines is 1. The Morgan fingerprint density at radius 1 is 1.41 bits per heavy atom. The average molecular weight is 237 g/mol. The molecule has 1 atom stereocenters. The first kappa shape index (κ1) is 12.4. The van der Waals surface area contributed by atoms with Gasteiger partial charge in [0.2, 0.25) is 0 Å². The van der Waals surface area contributed by atoms with Crippen molar-refractivity contribution >= 4 is 5.69 Å². The Labute approximate surface area is 102 Å². The number of aliphatic hydroxyl groups excluding tert-OH is 1.